The van der Waals surface area contributed by atoms with Gasteiger partial charge in [0.05, 0.1) is 19.2 Å². The Bertz CT molecular complexity index is 761. The number of hydrogen-bond acceptors (Lipinski definition) is 4. The maximum atomic E-state index is 12.0. The van der Waals surface area contributed by atoms with E-state index in [4.69, 9.17) is 15.9 Å². The molecule has 2 rings (SSSR count). The summed E-state index contributed by atoms with van der Waals surface area (Å²) in [5, 5.41) is 3.97. The zero-order chi connectivity index (χ0) is 17.9. The molecule has 1 N–H and O–H groups in total. The molecule has 1 amide bonds. The quantitative estimate of drug-likeness (QED) is 0.458. The average Bonchev–Trinajstić information content (AvgIpc) is 2.63. The van der Waals surface area contributed by atoms with Crippen LogP contribution >= 0.6 is 0 Å². The number of nitrogens with zero attached hydrogens (tertiary/aromatic N) is 1. The molecule has 0 aromatic heterocycles. The van der Waals surface area contributed by atoms with Gasteiger partial charge >= 0.3 is 0 Å². The molecule has 128 valence electrons. The maximum absolute atomic E-state index is 12.0. The van der Waals surface area contributed by atoms with Gasteiger partial charge in [-0.15, -0.1) is 6.42 Å². The smallest absolute Gasteiger partial charge is 0.244 e. The number of nitrogens with one attached hydrogen (secondary N) is 1. The van der Waals surface area contributed by atoms with Crippen molar-refractivity contribution in [2.45, 2.75) is 13.3 Å². The van der Waals surface area contributed by atoms with Crippen molar-refractivity contribution in [2.75, 3.05) is 13.2 Å². The molecule has 0 aliphatic rings. The van der Waals surface area contributed by atoms with E-state index in [1.165, 1.54) is 6.21 Å². The lowest BCUT2D eigenvalue weighted by atomic mass is 10.1. The van der Waals surface area contributed by atoms with Gasteiger partial charge < -0.3 is 9.47 Å². The Morgan fingerprint density at radius 2 is 1.96 bits per heavy atom. The Morgan fingerprint density at radius 1 is 1.20 bits per heavy atom. The molecular weight excluding hydrogens is 316 g/mol. The Hall–Kier alpha value is -3.26. The molecule has 0 bridgehead atoms. The SMILES string of the molecule is C#CCOc1ccccc1/C=N\NC(=O)Cc1ccc(OCC)cc1. The summed E-state index contributed by atoms with van der Waals surface area (Å²) < 4.78 is 10.8. The third kappa shape index (κ3) is 6.04. The summed E-state index contributed by atoms with van der Waals surface area (Å²) in [7, 11) is 0. The van der Waals surface area contributed by atoms with Crippen molar-refractivity contribution in [3.05, 3.63) is 59.7 Å². The highest BCUT2D eigenvalue weighted by molar-refractivity contribution is 5.85. The van der Waals surface area contributed by atoms with E-state index in [0.717, 1.165) is 16.9 Å². The van der Waals surface area contributed by atoms with Crippen molar-refractivity contribution < 1.29 is 14.3 Å². The maximum Gasteiger partial charge on any atom is 0.244 e. The predicted molar refractivity (Wildman–Crippen MR) is 97.8 cm³/mol. The third-order valence-electron chi connectivity index (χ3n) is 3.22. The number of hydrogen-bond donors (Lipinski definition) is 1. The van der Waals surface area contributed by atoms with Crippen LogP contribution in [0.1, 0.15) is 18.1 Å². The summed E-state index contributed by atoms with van der Waals surface area (Å²) in [5.41, 5.74) is 4.12. The number of carbonyl (C=O) groups excluding carboxylic acids is 1. The van der Waals surface area contributed by atoms with Crippen LogP contribution in [0.3, 0.4) is 0 Å². The van der Waals surface area contributed by atoms with Gasteiger partial charge in [-0.25, -0.2) is 5.43 Å². The number of para-hydroxylation sites is 1. The second-order valence-corrected chi connectivity index (χ2v) is 5.08. The van der Waals surface area contributed by atoms with Crippen LogP contribution in [0.4, 0.5) is 0 Å². The number of ether oxygens (including phenoxy) is 2. The molecule has 0 aliphatic carbocycles. The summed E-state index contributed by atoms with van der Waals surface area (Å²) in [5.74, 6) is 3.61. The van der Waals surface area contributed by atoms with Crippen molar-refractivity contribution in [1.82, 2.24) is 5.43 Å². The molecule has 0 heterocycles. The molecule has 0 saturated carbocycles. The van der Waals surface area contributed by atoms with Gasteiger partial charge in [0, 0.05) is 5.56 Å². The number of hydrazone groups is 1. The Labute approximate surface area is 147 Å². The first-order valence-corrected chi connectivity index (χ1v) is 7.92. The van der Waals surface area contributed by atoms with Crippen molar-refractivity contribution in [3.8, 4) is 23.8 Å². The van der Waals surface area contributed by atoms with Crippen LogP contribution in [-0.2, 0) is 11.2 Å². The van der Waals surface area contributed by atoms with E-state index in [1.807, 2.05) is 49.4 Å². The third-order valence-corrected chi connectivity index (χ3v) is 3.22. The monoisotopic (exact) mass is 336 g/mol. The number of carbonyl (C=O) groups is 1. The van der Waals surface area contributed by atoms with Crippen LogP contribution in [0.2, 0.25) is 0 Å². The van der Waals surface area contributed by atoms with E-state index in [0.29, 0.717) is 12.4 Å². The van der Waals surface area contributed by atoms with Gasteiger partial charge in [-0.2, -0.15) is 5.10 Å². The molecular formula is C20H20N2O3. The number of terminal acetylenes is 1. The molecule has 0 unspecified atom stereocenters. The minimum absolute atomic E-state index is 0.176. The average molecular weight is 336 g/mol. The minimum Gasteiger partial charge on any atom is -0.494 e. The predicted octanol–water partition coefficient (Wildman–Crippen LogP) is 2.79. The Kier molecular flexibility index (Phi) is 7.08. The molecule has 0 spiro atoms. The van der Waals surface area contributed by atoms with Crippen LogP contribution in [0, 0.1) is 12.3 Å². The lowest BCUT2D eigenvalue weighted by Crippen LogP contribution is -2.19. The first kappa shape index (κ1) is 18.1. The molecule has 2 aromatic rings. The minimum atomic E-state index is -0.206. The molecule has 5 nitrogen and oxygen atoms in total. The molecule has 0 atom stereocenters. The fourth-order valence-electron chi connectivity index (χ4n) is 2.11. The lowest BCUT2D eigenvalue weighted by Gasteiger charge is -2.06. The molecule has 25 heavy (non-hydrogen) atoms. The molecule has 2 aromatic carbocycles. The number of amides is 1. The van der Waals surface area contributed by atoms with Gasteiger partial charge in [0.25, 0.3) is 0 Å². The highest BCUT2D eigenvalue weighted by Crippen LogP contribution is 2.15. The number of benzene rings is 2. The standard InChI is InChI=1S/C20H20N2O3/c1-3-13-25-19-8-6-5-7-17(19)15-21-22-20(23)14-16-9-11-18(12-10-16)24-4-2/h1,5-12,15H,4,13-14H2,2H3,(H,22,23)/b21-15-. The van der Waals surface area contributed by atoms with Gasteiger partial charge in [0.2, 0.25) is 5.91 Å². The molecule has 5 heteroatoms. The molecule has 0 radical (unpaired) electrons. The van der Waals surface area contributed by atoms with Gasteiger partial charge in [0.1, 0.15) is 18.1 Å². The second kappa shape index (κ2) is 9.78. The Balaban J connectivity index is 1.89. The van der Waals surface area contributed by atoms with Gasteiger partial charge in [-0.1, -0.05) is 30.2 Å². The van der Waals surface area contributed by atoms with Crippen LogP contribution in [0.25, 0.3) is 0 Å². The van der Waals surface area contributed by atoms with Crippen molar-refractivity contribution in [3.63, 3.8) is 0 Å². The van der Waals surface area contributed by atoms with E-state index < -0.39 is 0 Å². The van der Waals surface area contributed by atoms with Gasteiger partial charge in [0.15, 0.2) is 0 Å². The molecule has 0 saturated heterocycles. The fourth-order valence-corrected chi connectivity index (χ4v) is 2.11. The number of rotatable bonds is 8. The second-order valence-electron chi connectivity index (χ2n) is 5.08. The molecule has 0 fully saturated rings. The lowest BCUT2D eigenvalue weighted by molar-refractivity contribution is -0.120. The summed E-state index contributed by atoms with van der Waals surface area (Å²) >= 11 is 0. The molecule has 0 aliphatic heterocycles. The van der Waals surface area contributed by atoms with E-state index >= 15 is 0 Å². The van der Waals surface area contributed by atoms with Crippen molar-refractivity contribution in [1.29, 1.82) is 0 Å². The van der Waals surface area contributed by atoms with Gasteiger partial charge in [-0.05, 0) is 36.8 Å². The summed E-state index contributed by atoms with van der Waals surface area (Å²) in [6.45, 7) is 2.71. The first-order chi connectivity index (χ1) is 12.2. The van der Waals surface area contributed by atoms with Crippen LogP contribution in [0.5, 0.6) is 11.5 Å². The van der Waals surface area contributed by atoms with Crippen molar-refractivity contribution in [2.24, 2.45) is 5.10 Å². The Morgan fingerprint density at radius 3 is 2.68 bits per heavy atom. The summed E-state index contributed by atoms with van der Waals surface area (Å²) in [6, 6.07) is 14.7. The largest absolute Gasteiger partial charge is 0.494 e. The van der Waals surface area contributed by atoms with Crippen LogP contribution in [-0.4, -0.2) is 25.3 Å². The summed E-state index contributed by atoms with van der Waals surface area (Å²) in [6.07, 6.45) is 6.96. The summed E-state index contributed by atoms with van der Waals surface area (Å²) in [4.78, 5) is 12.0. The van der Waals surface area contributed by atoms with E-state index in [9.17, 15) is 4.79 Å². The fraction of sp³-hybridized carbons (Fsp3) is 0.200. The normalized spacial score (nSPS) is 10.2. The van der Waals surface area contributed by atoms with Crippen molar-refractivity contribution >= 4 is 12.1 Å². The van der Waals surface area contributed by atoms with Crippen LogP contribution < -0.4 is 14.9 Å². The van der Waals surface area contributed by atoms with E-state index in [2.05, 4.69) is 16.4 Å². The highest BCUT2D eigenvalue weighted by Gasteiger charge is 2.03. The van der Waals surface area contributed by atoms with Crippen LogP contribution in [0.15, 0.2) is 53.6 Å². The van der Waals surface area contributed by atoms with E-state index in [1.54, 1.807) is 6.07 Å². The zero-order valence-corrected chi connectivity index (χ0v) is 14.1. The topological polar surface area (TPSA) is 59.9 Å². The van der Waals surface area contributed by atoms with E-state index in [-0.39, 0.29) is 18.9 Å². The zero-order valence-electron chi connectivity index (χ0n) is 14.1. The van der Waals surface area contributed by atoms with Gasteiger partial charge in [-0.3, -0.25) is 4.79 Å². The first-order valence-electron chi connectivity index (χ1n) is 7.92. The highest BCUT2D eigenvalue weighted by atomic mass is 16.5.